The minimum absolute atomic E-state index is 0.669. The monoisotopic (exact) mass is 257 g/mol. The summed E-state index contributed by atoms with van der Waals surface area (Å²) in [7, 11) is -1.18. The van der Waals surface area contributed by atoms with Gasteiger partial charge in [-0.3, -0.25) is 0 Å². The van der Waals surface area contributed by atoms with E-state index >= 15 is 0 Å². The number of benzene rings is 2. The lowest BCUT2D eigenvalue weighted by Gasteiger charge is -2.12. The Morgan fingerprint density at radius 2 is 1.83 bits per heavy atom. The molecule has 0 aromatic heterocycles. The van der Waals surface area contributed by atoms with Gasteiger partial charge >= 0.3 is 0 Å². The maximum Gasteiger partial charge on any atom is 0.104 e. The van der Waals surface area contributed by atoms with Crippen LogP contribution in [0.2, 0.25) is 0 Å². The zero-order valence-electron chi connectivity index (χ0n) is 9.48. The lowest BCUT2D eigenvalue weighted by Crippen LogP contribution is -2.00. The second-order valence-electron chi connectivity index (χ2n) is 4.07. The van der Waals surface area contributed by atoms with Gasteiger partial charge < -0.3 is 5.11 Å². The largest absolute Gasteiger partial charge is 0.384 e. The zero-order valence-corrected chi connectivity index (χ0v) is 10.3. The molecule has 0 amide bonds. The standard InChI is InChI=1S/C14H11NO2S/c16-14(10-4-2-1-3-5-10)11-6-7-12-13(8-11)18(17)9-15-12/h1-9,14,16H. The molecule has 1 aliphatic heterocycles. The van der Waals surface area contributed by atoms with Crippen molar-refractivity contribution in [3.63, 3.8) is 0 Å². The predicted molar refractivity (Wildman–Crippen MR) is 71.5 cm³/mol. The molecule has 4 heteroatoms. The molecule has 0 radical (unpaired) electrons. The molecular formula is C14H11NO2S. The van der Waals surface area contributed by atoms with E-state index in [1.165, 1.54) is 5.55 Å². The first kappa shape index (κ1) is 11.3. The normalized spacial score (nSPS) is 18.6. The highest BCUT2D eigenvalue weighted by Crippen LogP contribution is 2.31. The van der Waals surface area contributed by atoms with Crippen molar-refractivity contribution in [1.29, 1.82) is 0 Å². The van der Waals surface area contributed by atoms with Crippen molar-refractivity contribution in [3.05, 3.63) is 59.7 Å². The summed E-state index contributed by atoms with van der Waals surface area (Å²) in [4.78, 5) is 4.72. The average molecular weight is 257 g/mol. The molecule has 1 heterocycles. The van der Waals surface area contributed by atoms with Crippen LogP contribution in [0.5, 0.6) is 0 Å². The van der Waals surface area contributed by atoms with Crippen LogP contribution in [-0.2, 0) is 10.8 Å². The van der Waals surface area contributed by atoms with Crippen molar-refractivity contribution in [2.45, 2.75) is 11.0 Å². The first-order valence-electron chi connectivity index (χ1n) is 5.57. The molecule has 0 fully saturated rings. The molecule has 2 unspecified atom stereocenters. The third-order valence-electron chi connectivity index (χ3n) is 2.92. The fraction of sp³-hybridized carbons (Fsp3) is 0.0714. The Kier molecular flexibility index (Phi) is 2.81. The second-order valence-corrected chi connectivity index (χ2v) is 5.32. The van der Waals surface area contributed by atoms with Gasteiger partial charge in [0.1, 0.15) is 6.10 Å². The lowest BCUT2D eigenvalue weighted by atomic mass is 10.0. The average Bonchev–Trinajstić information content (AvgIpc) is 2.80. The Hall–Kier alpha value is -1.78. The summed E-state index contributed by atoms with van der Waals surface area (Å²) < 4.78 is 11.7. The fourth-order valence-corrected chi connectivity index (χ4v) is 2.86. The van der Waals surface area contributed by atoms with Gasteiger partial charge in [-0.1, -0.05) is 36.4 Å². The van der Waals surface area contributed by atoms with Crippen LogP contribution in [0.1, 0.15) is 17.2 Å². The van der Waals surface area contributed by atoms with Gasteiger partial charge in [-0.05, 0) is 23.3 Å². The highest BCUT2D eigenvalue weighted by atomic mass is 32.2. The molecule has 0 aliphatic carbocycles. The van der Waals surface area contributed by atoms with Crippen molar-refractivity contribution < 1.29 is 9.32 Å². The molecule has 3 rings (SSSR count). The second kappa shape index (κ2) is 4.48. The first-order chi connectivity index (χ1) is 8.75. The molecule has 0 saturated carbocycles. The molecule has 0 bridgehead atoms. The Labute approximate surface area is 107 Å². The first-order valence-corrected chi connectivity index (χ1v) is 6.79. The molecule has 0 spiro atoms. The lowest BCUT2D eigenvalue weighted by molar-refractivity contribution is 0.220. The third kappa shape index (κ3) is 1.89. The van der Waals surface area contributed by atoms with Gasteiger partial charge in [0, 0.05) is 0 Å². The van der Waals surface area contributed by atoms with Crippen LogP contribution in [0.15, 0.2) is 58.4 Å². The molecule has 3 nitrogen and oxygen atoms in total. The summed E-state index contributed by atoms with van der Waals surface area (Å²) in [6, 6.07) is 14.8. The Morgan fingerprint density at radius 3 is 2.61 bits per heavy atom. The summed E-state index contributed by atoms with van der Waals surface area (Å²) in [5.41, 5.74) is 3.70. The number of fused-ring (bicyclic) bond motifs is 1. The Bertz CT molecular complexity index is 637. The van der Waals surface area contributed by atoms with Gasteiger partial charge in [-0.2, -0.15) is 0 Å². The summed E-state index contributed by atoms with van der Waals surface area (Å²) in [6.07, 6.45) is -0.700. The number of aliphatic imine (C=N–C) groups is 1. The smallest absolute Gasteiger partial charge is 0.104 e. The van der Waals surface area contributed by atoms with Gasteiger partial charge in [0.15, 0.2) is 0 Å². The van der Waals surface area contributed by atoms with Crippen molar-refractivity contribution in [1.82, 2.24) is 0 Å². The number of hydrogen-bond acceptors (Lipinski definition) is 3. The van der Waals surface area contributed by atoms with E-state index in [4.69, 9.17) is 0 Å². The summed E-state index contributed by atoms with van der Waals surface area (Å²) in [6.45, 7) is 0. The van der Waals surface area contributed by atoms with E-state index in [0.29, 0.717) is 4.90 Å². The van der Waals surface area contributed by atoms with Crippen LogP contribution in [-0.4, -0.2) is 14.9 Å². The maximum absolute atomic E-state index is 11.7. The third-order valence-corrected chi connectivity index (χ3v) is 3.98. The Morgan fingerprint density at radius 1 is 1.06 bits per heavy atom. The quantitative estimate of drug-likeness (QED) is 0.898. The van der Waals surface area contributed by atoms with Gasteiger partial charge in [0.05, 0.1) is 26.9 Å². The number of hydrogen-bond donors (Lipinski definition) is 1. The van der Waals surface area contributed by atoms with Gasteiger partial charge in [-0.25, -0.2) is 9.20 Å². The molecule has 1 N–H and O–H groups in total. The summed E-state index contributed by atoms with van der Waals surface area (Å²) in [5, 5.41) is 10.3. The highest BCUT2D eigenvalue weighted by Gasteiger charge is 2.17. The van der Waals surface area contributed by atoms with Gasteiger partial charge in [-0.15, -0.1) is 0 Å². The predicted octanol–water partition coefficient (Wildman–Crippen LogP) is 2.55. The molecular weight excluding hydrogens is 246 g/mol. The Balaban J connectivity index is 2.00. The van der Waals surface area contributed by atoms with E-state index in [9.17, 15) is 9.32 Å². The SMILES string of the molecule is O=S1C=Nc2ccc(C(O)c3ccccc3)cc21. The van der Waals surface area contributed by atoms with E-state index in [1.807, 2.05) is 36.4 Å². The van der Waals surface area contributed by atoms with Crippen LogP contribution < -0.4 is 0 Å². The van der Waals surface area contributed by atoms with E-state index in [-0.39, 0.29) is 0 Å². The summed E-state index contributed by atoms with van der Waals surface area (Å²) >= 11 is 0. The number of aliphatic hydroxyl groups excluding tert-OH is 1. The number of aliphatic hydroxyl groups is 1. The van der Waals surface area contributed by atoms with Crippen LogP contribution in [0.25, 0.3) is 0 Å². The minimum atomic E-state index is -1.18. The molecule has 2 aromatic rings. The van der Waals surface area contributed by atoms with E-state index < -0.39 is 16.9 Å². The molecule has 1 aliphatic rings. The van der Waals surface area contributed by atoms with Crippen LogP contribution in [0.4, 0.5) is 5.69 Å². The van der Waals surface area contributed by atoms with E-state index in [1.54, 1.807) is 12.1 Å². The van der Waals surface area contributed by atoms with Gasteiger partial charge in [0.25, 0.3) is 0 Å². The molecule has 0 saturated heterocycles. The molecule has 90 valence electrons. The highest BCUT2D eigenvalue weighted by molar-refractivity contribution is 7.99. The number of nitrogens with zero attached hydrogens (tertiary/aromatic N) is 1. The van der Waals surface area contributed by atoms with Crippen LogP contribution in [0.3, 0.4) is 0 Å². The van der Waals surface area contributed by atoms with Crippen LogP contribution in [0, 0.1) is 0 Å². The molecule has 2 atom stereocenters. The van der Waals surface area contributed by atoms with Crippen molar-refractivity contribution in [2.75, 3.05) is 0 Å². The topological polar surface area (TPSA) is 49.7 Å². The van der Waals surface area contributed by atoms with E-state index in [0.717, 1.165) is 16.8 Å². The fourth-order valence-electron chi connectivity index (χ4n) is 1.96. The molecule has 2 aromatic carbocycles. The minimum Gasteiger partial charge on any atom is -0.384 e. The van der Waals surface area contributed by atoms with Crippen molar-refractivity contribution >= 4 is 22.0 Å². The van der Waals surface area contributed by atoms with Crippen LogP contribution >= 0.6 is 0 Å². The molecule has 18 heavy (non-hydrogen) atoms. The number of rotatable bonds is 2. The maximum atomic E-state index is 11.7. The zero-order chi connectivity index (χ0) is 12.5. The van der Waals surface area contributed by atoms with Crippen molar-refractivity contribution in [3.8, 4) is 0 Å². The van der Waals surface area contributed by atoms with E-state index in [2.05, 4.69) is 4.99 Å². The van der Waals surface area contributed by atoms with Crippen molar-refractivity contribution in [2.24, 2.45) is 4.99 Å². The summed E-state index contributed by atoms with van der Waals surface area (Å²) in [5.74, 6) is 0. The van der Waals surface area contributed by atoms with Gasteiger partial charge in [0.2, 0.25) is 0 Å².